The largest absolute Gasteiger partial charge is 0.487 e. The molecule has 1 aromatic rings. The number of rotatable bonds is 8. The smallest absolute Gasteiger partial charge is 0.407 e. The van der Waals surface area contributed by atoms with Crippen LogP contribution >= 0.6 is 0 Å². The summed E-state index contributed by atoms with van der Waals surface area (Å²) in [6.07, 6.45) is -0.137. The Morgan fingerprint density at radius 1 is 1.12 bits per heavy atom. The molecule has 0 unspecified atom stereocenters. The highest BCUT2D eigenvalue weighted by atomic mass is 16.6. The fourth-order valence-corrected chi connectivity index (χ4v) is 1.68. The molecule has 0 saturated heterocycles. The molecule has 0 heterocycles. The van der Waals surface area contributed by atoms with E-state index in [1.807, 2.05) is 30.3 Å². The van der Waals surface area contributed by atoms with Crippen molar-refractivity contribution in [3.05, 3.63) is 48.2 Å². The Kier molecular flexibility index (Phi) is 7.82. The van der Waals surface area contributed by atoms with Crippen LogP contribution in [-0.4, -0.2) is 30.8 Å². The highest BCUT2D eigenvalue weighted by molar-refractivity contribution is 5.71. The van der Waals surface area contributed by atoms with Crippen LogP contribution in [-0.2, 0) is 25.6 Å². The number of ether oxygens (including phenoxy) is 3. The summed E-state index contributed by atoms with van der Waals surface area (Å²) in [6.45, 7) is 9.36. The second-order valence-corrected chi connectivity index (χ2v) is 6.15. The summed E-state index contributed by atoms with van der Waals surface area (Å²) < 4.78 is 15.4. The highest BCUT2D eigenvalue weighted by Crippen LogP contribution is 2.08. The standard InChI is InChI=1S/C18H25NO5/c1-14(22-13-16(20)24-18(2,3)4)10-11-19-17(21)23-12-15-8-6-5-7-9-15/h5-9H,1,10-13H2,2-4H3,(H,19,21). The van der Waals surface area contributed by atoms with Crippen molar-refractivity contribution in [3.8, 4) is 0 Å². The van der Waals surface area contributed by atoms with E-state index in [-0.39, 0.29) is 13.2 Å². The maximum atomic E-state index is 11.5. The predicted octanol–water partition coefficient (Wildman–Crippen LogP) is 3.17. The summed E-state index contributed by atoms with van der Waals surface area (Å²) in [5.74, 6) is -0.0666. The molecular weight excluding hydrogens is 310 g/mol. The molecule has 0 saturated carbocycles. The minimum absolute atomic E-state index is 0.200. The van der Waals surface area contributed by atoms with E-state index in [1.165, 1.54) is 0 Å². The third-order valence-corrected chi connectivity index (χ3v) is 2.70. The lowest BCUT2D eigenvalue weighted by molar-refractivity contribution is -0.158. The van der Waals surface area contributed by atoms with E-state index < -0.39 is 17.7 Å². The van der Waals surface area contributed by atoms with E-state index in [1.54, 1.807) is 20.8 Å². The number of alkyl carbamates (subject to hydrolysis) is 1. The third-order valence-electron chi connectivity index (χ3n) is 2.70. The van der Waals surface area contributed by atoms with Gasteiger partial charge in [0.2, 0.25) is 0 Å². The number of hydrogen-bond donors (Lipinski definition) is 1. The van der Waals surface area contributed by atoms with Crippen LogP contribution in [0.2, 0.25) is 0 Å². The summed E-state index contributed by atoms with van der Waals surface area (Å²) in [4.78, 5) is 23.0. The van der Waals surface area contributed by atoms with Crippen LogP contribution in [0.15, 0.2) is 42.7 Å². The van der Waals surface area contributed by atoms with Gasteiger partial charge in [0.05, 0.1) is 5.76 Å². The molecule has 132 valence electrons. The van der Waals surface area contributed by atoms with Crippen molar-refractivity contribution < 1.29 is 23.8 Å². The lowest BCUT2D eigenvalue weighted by atomic mass is 10.2. The van der Waals surface area contributed by atoms with Gasteiger partial charge in [0.1, 0.15) is 12.2 Å². The van der Waals surface area contributed by atoms with E-state index in [2.05, 4.69) is 11.9 Å². The molecule has 1 N–H and O–H groups in total. The first-order chi connectivity index (χ1) is 11.3. The molecule has 1 rings (SSSR count). The van der Waals surface area contributed by atoms with Gasteiger partial charge in [-0.1, -0.05) is 36.9 Å². The summed E-state index contributed by atoms with van der Waals surface area (Å²) >= 11 is 0. The molecule has 0 aliphatic carbocycles. The zero-order valence-electron chi connectivity index (χ0n) is 14.5. The van der Waals surface area contributed by atoms with E-state index in [9.17, 15) is 9.59 Å². The van der Waals surface area contributed by atoms with Crippen molar-refractivity contribution in [2.75, 3.05) is 13.2 Å². The lowest BCUT2D eigenvalue weighted by Gasteiger charge is -2.19. The Bertz CT molecular complexity index is 548. The van der Waals surface area contributed by atoms with Crippen molar-refractivity contribution in [2.24, 2.45) is 0 Å². The number of carbonyl (C=O) groups excluding carboxylic acids is 2. The molecule has 0 spiro atoms. The zero-order valence-corrected chi connectivity index (χ0v) is 14.5. The Morgan fingerprint density at radius 3 is 2.42 bits per heavy atom. The van der Waals surface area contributed by atoms with E-state index >= 15 is 0 Å². The summed E-state index contributed by atoms with van der Waals surface area (Å²) in [5.41, 5.74) is 0.365. The number of esters is 1. The first-order valence-corrected chi connectivity index (χ1v) is 7.73. The van der Waals surface area contributed by atoms with E-state index in [4.69, 9.17) is 14.2 Å². The molecule has 1 aromatic carbocycles. The van der Waals surface area contributed by atoms with Gasteiger partial charge in [-0.15, -0.1) is 0 Å². The molecule has 1 amide bonds. The Labute approximate surface area is 142 Å². The molecule has 0 aliphatic rings. The van der Waals surface area contributed by atoms with Gasteiger partial charge in [0.25, 0.3) is 0 Å². The molecule has 0 fully saturated rings. The monoisotopic (exact) mass is 335 g/mol. The van der Waals surface area contributed by atoms with E-state index in [0.717, 1.165) is 5.56 Å². The first kappa shape index (κ1) is 19.5. The van der Waals surface area contributed by atoms with Crippen LogP contribution in [0.4, 0.5) is 4.79 Å². The van der Waals surface area contributed by atoms with Gasteiger partial charge in [0.15, 0.2) is 6.61 Å². The molecule has 24 heavy (non-hydrogen) atoms. The van der Waals surface area contributed by atoms with Crippen LogP contribution in [0.5, 0.6) is 0 Å². The average molecular weight is 335 g/mol. The number of carbonyl (C=O) groups is 2. The fraction of sp³-hybridized carbons (Fsp3) is 0.444. The summed E-state index contributed by atoms with van der Waals surface area (Å²) in [6, 6.07) is 9.40. The van der Waals surface area contributed by atoms with Crippen molar-refractivity contribution in [1.82, 2.24) is 5.32 Å². The van der Waals surface area contributed by atoms with Gasteiger partial charge >= 0.3 is 12.1 Å². The third kappa shape index (κ3) is 9.50. The zero-order chi connectivity index (χ0) is 18.0. The van der Waals surface area contributed by atoms with Crippen LogP contribution in [0.1, 0.15) is 32.8 Å². The van der Waals surface area contributed by atoms with Gasteiger partial charge in [-0.3, -0.25) is 0 Å². The Hall–Kier alpha value is -2.50. The number of nitrogens with one attached hydrogen (secondary N) is 1. The van der Waals surface area contributed by atoms with Gasteiger partial charge in [-0.2, -0.15) is 0 Å². The maximum absolute atomic E-state index is 11.5. The van der Waals surface area contributed by atoms with Crippen molar-refractivity contribution in [3.63, 3.8) is 0 Å². The predicted molar refractivity (Wildman–Crippen MR) is 90.2 cm³/mol. The topological polar surface area (TPSA) is 73.9 Å². The lowest BCUT2D eigenvalue weighted by Crippen LogP contribution is -2.27. The minimum atomic E-state index is -0.550. The Balaban J connectivity index is 2.12. The minimum Gasteiger partial charge on any atom is -0.487 e. The van der Waals surface area contributed by atoms with Crippen LogP contribution in [0.25, 0.3) is 0 Å². The summed E-state index contributed by atoms with van der Waals surface area (Å²) in [5, 5.41) is 2.59. The average Bonchev–Trinajstić information content (AvgIpc) is 2.50. The first-order valence-electron chi connectivity index (χ1n) is 7.73. The molecule has 0 atom stereocenters. The fourth-order valence-electron chi connectivity index (χ4n) is 1.68. The molecule has 6 nitrogen and oxygen atoms in total. The van der Waals surface area contributed by atoms with Gasteiger partial charge in [0, 0.05) is 13.0 Å². The van der Waals surface area contributed by atoms with Gasteiger partial charge in [-0.05, 0) is 26.3 Å². The van der Waals surface area contributed by atoms with E-state index in [0.29, 0.717) is 18.7 Å². The number of amides is 1. The number of hydrogen-bond acceptors (Lipinski definition) is 5. The van der Waals surface area contributed by atoms with Crippen LogP contribution in [0.3, 0.4) is 0 Å². The molecule has 0 bridgehead atoms. The normalized spacial score (nSPS) is 10.6. The second kappa shape index (κ2) is 9.60. The molecule has 0 radical (unpaired) electrons. The van der Waals surface area contributed by atoms with Crippen LogP contribution < -0.4 is 5.32 Å². The Morgan fingerprint density at radius 2 is 1.79 bits per heavy atom. The van der Waals surface area contributed by atoms with Crippen molar-refractivity contribution in [2.45, 2.75) is 39.4 Å². The molecular formula is C18H25NO5. The van der Waals surface area contributed by atoms with Crippen molar-refractivity contribution >= 4 is 12.1 Å². The molecule has 0 aliphatic heterocycles. The highest BCUT2D eigenvalue weighted by Gasteiger charge is 2.16. The molecule has 0 aromatic heterocycles. The molecule has 6 heteroatoms. The van der Waals surface area contributed by atoms with Crippen molar-refractivity contribution in [1.29, 1.82) is 0 Å². The van der Waals surface area contributed by atoms with Gasteiger partial charge in [-0.25, -0.2) is 9.59 Å². The van der Waals surface area contributed by atoms with Gasteiger partial charge < -0.3 is 19.5 Å². The number of benzene rings is 1. The quantitative estimate of drug-likeness (QED) is 0.583. The van der Waals surface area contributed by atoms with Crippen LogP contribution in [0, 0.1) is 0 Å². The SMILES string of the molecule is C=C(CCNC(=O)OCc1ccccc1)OCC(=O)OC(C)(C)C. The second-order valence-electron chi connectivity index (χ2n) is 6.15. The maximum Gasteiger partial charge on any atom is 0.407 e. The summed E-state index contributed by atoms with van der Waals surface area (Å²) in [7, 11) is 0.